The molecule has 2 N–H and O–H groups in total. The van der Waals surface area contributed by atoms with E-state index in [1.54, 1.807) is 0 Å². The molecule has 0 radical (unpaired) electrons. The number of carboxylic acids is 1. The number of halogens is 3. The fraction of sp³-hybridized carbons (Fsp3) is 0.364. The monoisotopic (exact) mass is 245 g/mol. The lowest BCUT2D eigenvalue weighted by Gasteiger charge is -2.34. The van der Waals surface area contributed by atoms with Crippen molar-refractivity contribution in [3.63, 3.8) is 0 Å². The summed E-state index contributed by atoms with van der Waals surface area (Å²) in [4.78, 5) is 10.7. The van der Waals surface area contributed by atoms with Gasteiger partial charge in [-0.15, -0.1) is 0 Å². The van der Waals surface area contributed by atoms with Crippen LogP contribution in [0.4, 0.5) is 18.9 Å². The van der Waals surface area contributed by atoms with Gasteiger partial charge in [-0.1, -0.05) is 0 Å². The maximum Gasteiger partial charge on any atom is 0.308 e. The van der Waals surface area contributed by atoms with E-state index >= 15 is 0 Å². The van der Waals surface area contributed by atoms with Crippen LogP contribution < -0.4 is 5.32 Å². The van der Waals surface area contributed by atoms with Gasteiger partial charge in [0.05, 0.1) is 11.6 Å². The summed E-state index contributed by atoms with van der Waals surface area (Å²) in [5.74, 6) is -5.72. The van der Waals surface area contributed by atoms with E-state index < -0.39 is 35.4 Å². The molecule has 2 unspecified atom stereocenters. The average Bonchev–Trinajstić information content (AvgIpc) is 2.22. The van der Waals surface area contributed by atoms with Gasteiger partial charge < -0.3 is 10.4 Å². The summed E-state index contributed by atoms with van der Waals surface area (Å²) < 4.78 is 38.9. The van der Waals surface area contributed by atoms with E-state index in [9.17, 15) is 18.0 Å². The highest BCUT2D eigenvalue weighted by Crippen LogP contribution is 2.32. The standard InChI is InChI=1S/C11H10F3NO2/c12-6-2-4-8(10(14)9(6)13)15-7-3-1-5(7)11(16)17/h2,4-5,7,15H,1,3H2,(H,16,17). The quantitative estimate of drug-likeness (QED) is 0.804. The molecule has 2 atom stereocenters. The molecule has 1 aliphatic carbocycles. The predicted octanol–water partition coefficient (Wildman–Crippen LogP) is 2.38. The van der Waals surface area contributed by atoms with Crippen LogP contribution in [-0.2, 0) is 4.79 Å². The highest BCUT2D eigenvalue weighted by molar-refractivity contribution is 5.73. The summed E-state index contributed by atoms with van der Waals surface area (Å²) >= 11 is 0. The van der Waals surface area contributed by atoms with Crippen molar-refractivity contribution in [3.8, 4) is 0 Å². The molecule has 0 amide bonds. The summed E-state index contributed by atoms with van der Waals surface area (Å²) in [6, 6.07) is 1.42. The number of nitrogens with one attached hydrogen (secondary N) is 1. The Bertz CT molecular complexity index is 464. The number of hydrogen-bond donors (Lipinski definition) is 2. The van der Waals surface area contributed by atoms with Crippen LogP contribution in [0, 0.1) is 23.4 Å². The van der Waals surface area contributed by atoms with E-state index in [0.29, 0.717) is 12.8 Å². The Hall–Kier alpha value is -1.72. The molecular weight excluding hydrogens is 235 g/mol. The number of aliphatic carboxylic acids is 1. The Kier molecular flexibility index (Phi) is 2.95. The molecule has 1 fully saturated rings. The van der Waals surface area contributed by atoms with Gasteiger partial charge in [0, 0.05) is 6.04 Å². The van der Waals surface area contributed by atoms with Crippen LogP contribution in [-0.4, -0.2) is 17.1 Å². The molecule has 2 rings (SSSR count). The lowest BCUT2D eigenvalue weighted by molar-refractivity contribution is -0.144. The first kappa shape index (κ1) is 11.8. The summed E-state index contributed by atoms with van der Waals surface area (Å²) in [6.07, 6.45) is 1.06. The van der Waals surface area contributed by atoms with E-state index in [1.165, 1.54) is 0 Å². The zero-order chi connectivity index (χ0) is 12.6. The van der Waals surface area contributed by atoms with Gasteiger partial charge in [0.15, 0.2) is 17.5 Å². The van der Waals surface area contributed by atoms with Gasteiger partial charge >= 0.3 is 5.97 Å². The molecule has 6 heteroatoms. The lowest BCUT2D eigenvalue weighted by atomic mass is 9.79. The fourth-order valence-corrected chi connectivity index (χ4v) is 1.81. The summed E-state index contributed by atoms with van der Waals surface area (Å²) in [5.41, 5.74) is -0.208. The Morgan fingerprint density at radius 1 is 1.24 bits per heavy atom. The van der Waals surface area contributed by atoms with Crippen molar-refractivity contribution < 1.29 is 23.1 Å². The van der Waals surface area contributed by atoms with Crippen LogP contribution in [0.3, 0.4) is 0 Å². The molecule has 3 nitrogen and oxygen atoms in total. The fourth-order valence-electron chi connectivity index (χ4n) is 1.81. The maximum atomic E-state index is 13.3. The summed E-state index contributed by atoms with van der Waals surface area (Å²) in [6.45, 7) is 0. The largest absolute Gasteiger partial charge is 0.481 e. The van der Waals surface area contributed by atoms with Crippen molar-refractivity contribution in [2.45, 2.75) is 18.9 Å². The second kappa shape index (κ2) is 4.27. The van der Waals surface area contributed by atoms with Crippen molar-refractivity contribution in [1.29, 1.82) is 0 Å². The minimum Gasteiger partial charge on any atom is -0.481 e. The topological polar surface area (TPSA) is 49.3 Å². The normalized spacial score (nSPS) is 23.0. The van der Waals surface area contributed by atoms with E-state index in [4.69, 9.17) is 5.11 Å². The summed E-state index contributed by atoms with van der Waals surface area (Å²) in [5, 5.41) is 11.4. The molecule has 1 aromatic carbocycles. The third-order valence-corrected chi connectivity index (χ3v) is 2.97. The third-order valence-electron chi connectivity index (χ3n) is 2.97. The highest BCUT2D eigenvalue weighted by Gasteiger charge is 2.37. The highest BCUT2D eigenvalue weighted by atomic mass is 19.2. The zero-order valence-electron chi connectivity index (χ0n) is 8.71. The SMILES string of the molecule is O=C(O)C1CCC1Nc1ccc(F)c(F)c1F. The second-order valence-electron chi connectivity index (χ2n) is 4.00. The molecule has 0 heterocycles. The molecule has 17 heavy (non-hydrogen) atoms. The molecule has 0 spiro atoms. The molecular formula is C11H10F3NO2. The second-order valence-corrected chi connectivity index (χ2v) is 4.00. The van der Waals surface area contributed by atoms with Crippen LogP contribution in [0.2, 0.25) is 0 Å². The minimum absolute atomic E-state index is 0.208. The van der Waals surface area contributed by atoms with Gasteiger partial charge in [-0.05, 0) is 25.0 Å². The Labute approximate surface area is 95.3 Å². The Balaban J connectivity index is 2.15. The van der Waals surface area contributed by atoms with E-state index in [-0.39, 0.29) is 5.69 Å². The van der Waals surface area contributed by atoms with Gasteiger partial charge in [0.25, 0.3) is 0 Å². The van der Waals surface area contributed by atoms with E-state index in [2.05, 4.69) is 5.32 Å². The van der Waals surface area contributed by atoms with E-state index in [0.717, 1.165) is 12.1 Å². The Morgan fingerprint density at radius 3 is 2.47 bits per heavy atom. The Morgan fingerprint density at radius 2 is 1.94 bits per heavy atom. The van der Waals surface area contributed by atoms with Crippen molar-refractivity contribution >= 4 is 11.7 Å². The number of hydrogen-bond acceptors (Lipinski definition) is 2. The smallest absolute Gasteiger partial charge is 0.308 e. The lowest BCUT2D eigenvalue weighted by Crippen LogP contribution is -2.43. The number of carboxylic acid groups (broad SMARTS) is 1. The third kappa shape index (κ3) is 2.07. The first-order valence-electron chi connectivity index (χ1n) is 5.13. The zero-order valence-corrected chi connectivity index (χ0v) is 8.71. The average molecular weight is 245 g/mol. The number of rotatable bonds is 3. The van der Waals surface area contributed by atoms with Gasteiger partial charge in [-0.25, -0.2) is 13.2 Å². The van der Waals surface area contributed by atoms with E-state index in [1.807, 2.05) is 0 Å². The van der Waals surface area contributed by atoms with Crippen molar-refractivity contribution in [1.82, 2.24) is 0 Å². The molecule has 1 aliphatic rings. The van der Waals surface area contributed by atoms with Crippen LogP contribution in [0.1, 0.15) is 12.8 Å². The van der Waals surface area contributed by atoms with Crippen LogP contribution >= 0.6 is 0 Å². The molecule has 92 valence electrons. The minimum atomic E-state index is -1.55. The van der Waals surface area contributed by atoms with Crippen LogP contribution in [0.25, 0.3) is 0 Å². The maximum absolute atomic E-state index is 13.3. The van der Waals surface area contributed by atoms with Gasteiger partial charge in [-0.3, -0.25) is 4.79 Å². The van der Waals surface area contributed by atoms with Crippen LogP contribution in [0.15, 0.2) is 12.1 Å². The first-order valence-corrected chi connectivity index (χ1v) is 5.13. The number of anilines is 1. The van der Waals surface area contributed by atoms with Crippen molar-refractivity contribution in [2.24, 2.45) is 5.92 Å². The van der Waals surface area contributed by atoms with Crippen molar-refractivity contribution in [2.75, 3.05) is 5.32 Å². The predicted molar refractivity (Wildman–Crippen MR) is 54.1 cm³/mol. The molecule has 0 aromatic heterocycles. The van der Waals surface area contributed by atoms with Gasteiger partial charge in [0.1, 0.15) is 0 Å². The molecule has 1 aromatic rings. The molecule has 0 aliphatic heterocycles. The summed E-state index contributed by atoms with van der Waals surface area (Å²) in [7, 11) is 0. The number of benzene rings is 1. The molecule has 1 saturated carbocycles. The molecule has 0 saturated heterocycles. The van der Waals surface area contributed by atoms with Gasteiger partial charge in [0.2, 0.25) is 0 Å². The van der Waals surface area contributed by atoms with Crippen LogP contribution in [0.5, 0.6) is 0 Å². The first-order chi connectivity index (χ1) is 8.00. The molecule has 0 bridgehead atoms. The van der Waals surface area contributed by atoms with Crippen molar-refractivity contribution in [3.05, 3.63) is 29.6 Å². The van der Waals surface area contributed by atoms with Gasteiger partial charge in [-0.2, -0.15) is 0 Å². The number of carbonyl (C=O) groups is 1.